The molecule has 8 nitrogen and oxygen atoms in total. The molecule has 0 bridgehead atoms. The van der Waals surface area contributed by atoms with Crippen LogP contribution in [0.25, 0.3) is 16.9 Å². The number of nitrogens with zero attached hydrogens (tertiary/aromatic N) is 3. The van der Waals surface area contributed by atoms with Crippen LogP contribution in [0.1, 0.15) is 51.4 Å². The molecule has 0 atom stereocenters. The summed E-state index contributed by atoms with van der Waals surface area (Å²) in [7, 11) is 0. The second kappa shape index (κ2) is 13.6. The molecular formula is C28H37Cl2FN6O2. The Morgan fingerprint density at radius 3 is 2.21 bits per heavy atom. The van der Waals surface area contributed by atoms with Gasteiger partial charge < -0.3 is 16.8 Å². The van der Waals surface area contributed by atoms with Gasteiger partial charge in [0.25, 0.3) is 0 Å². The first-order chi connectivity index (χ1) is 17.9. The van der Waals surface area contributed by atoms with Gasteiger partial charge in [-0.3, -0.25) is 13.9 Å². The second-order valence-electron chi connectivity index (χ2n) is 10.6. The monoisotopic (exact) mass is 578 g/mol. The van der Waals surface area contributed by atoms with E-state index in [4.69, 9.17) is 11.5 Å². The molecule has 39 heavy (non-hydrogen) atoms. The van der Waals surface area contributed by atoms with Gasteiger partial charge in [-0.15, -0.1) is 24.8 Å². The number of anilines is 1. The van der Waals surface area contributed by atoms with Crippen LogP contribution in [0.15, 0.2) is 53.6 Å². The van der Waals surface area contributed by atoms with E-state index in [1.165, 1.54) is 12.1 Å². The first-order valence-electron chi connectivity index (χ1n) is 13.2. The number of amides is 1. The van der Waals surface area contributed by atoms with Crippen molar-refractivity contribution in [1.29, 1.82) is 0 Å². The first-order valence-corrected chi connectivity index (χ1v) is 13.2. The summed E-state index contributed by atoms with van der Waals surface area (Å²) in [5.41, 5.74) is 13.8. The topological polar surface area (TPSA) is 121 Å². The summed E-state index contributed by atoms with van der Waals surface area (Å²) < 4.78 is 17.0. The quantitative estimate of drug-likeness (QED) is 0.393. The fourth-order valence-corrected chi connectivity index (χ4v) is 5.58. The summed E-state index contributed by atoms with van der Waals surface area (Å²) in [5.74, 6) is 0.316. The first kappa shape index (κ1) is 30.8. The molecule has 1 aromatic carbocycles. The van der Waals surface area contributed by atoms with E-state index in [1.807, 2.05) is 12.3 Å². The smallest absolute Gasteiger partial charge is 0.328 e. The standard InChI is InChI=1S/C28H35FN6O2.2ClH/c29-21-5-11-24(12-6-21)35-25(17-34(28(35)37)16-18-1-7-22(30)8-2-18)20-13-14-32-26(15-20)33-27(36)19-3-9-23(31)10-4-19;;/h5-6,11-15,17-19,22-23H,1-4,7-10,16,30-31H2,(H,32,33,36);2*1H. The van der Waals surface area contributed by atoms with Gasteiger partial charge >= 0.3 is 5.69 Å². The Balaban J connectivity index is 0.00000210. The highest BCUT2D eigenvalue weighted by Crippen LogP contribution is 2.28. The Labute approximate surface area is 240 Å². The van der Waals surface area contributed by atoms with Crippen molar-refractivity contribution in [2.45, 2.75) is 70.0 Å². The molecule has 0 saturated heterocycles. The van der Waals surface area contributed by atoms with Gasteiger partial charge in [0.05, 0.1) is 11.4 Å². The van der Waals surface area contributed by atoms with E-state index in [1.54, 1.807) is 33.5 Å². The van der Waals surface area contributed by atoms with Crippen molar-refractivity contribution in [3.63, 3.8) is 0 Å². The average Bonchev–Trinajstić information content (AvgIpc) is 3.22. The second-order valence-corrected chi connectivity index (χ2v) is 10.6. The number of nitrogens with two attached hydrogens (primary N) is 2. The maximum absolute atomic E-state index is 13.7. The van der Waals surface area contributed by atoms with E-state index in [9.17, 15) is 14.0 Å². The zero-order chi connectivity index (χ0) is 25.9. The molecule has 5 rings (SSSR count). The number of carbonyl (C=O) groups is 1. The third-order valence-electron chi connectivity index (χ3n) is 7.84. The van der Waals surface area contributed by atoms with Crippen molar-refractivity contribution in [2.75, 3.05) is 5.32 Å². The van der Waals surface area contributed by atoms with Crippen molar-refractivity contribution in [3.8, 4) is 16.9 Å². The average molecular weight is 580 g/mol. The predicted octanol–water partition coefficient (Wildman–Crippen LogP) is 4.66. The zero-order valence-corrected chi connectivity index (χ0v) is 23.4. The molecule has 2 heterocycles. The van der Waals surface area contributed by atoms with Crippen LogP contribution in [-0.4, -0.2) is 32.1 Å². The van der Waals surface area contributed by atoms with E-state index in [0.29, 0.717) is 29.7 Å². The summed E-state index contributed by atoms with van der Waals surface area (Å²) in [6, 6.07) is 9.90. The van der Waals surface area contributed by atoms with Gasteiger partial charge in [0.15, 0.2) is 0 Å². The number of carbonyl (C=O) groups excluding carboxylic acids is 1. The summed E-state index contributed by atoms with van der Waals surface area (Å²) in [6.45, 7) is 0.602. The normalized spacial score (nSPS) is 22.8. The minimum atomic E-state index is -0.367. The lowest BCUT2D eigenvalue weighted by Gasteiger charge is -2.25. The molecule has 5 N–H and O–H groups in total. The van der Waals surface area contributed by atoms with Gasteiger partial charge in [0.1, 0.15) is 11.6 Å². The summed E-state index contributed by atoms with van der Waals surface area (Å²) in [6.07, 6.45) is 10.6. The van der Waals surface area contributed by atoms with E-state index in [2.05, 4.69) is 10.3 Å². The van der Waals surface area contributed by atoms with Crippen LogP contribution in [0, 0.1) is 17.7 Å². The lowest BCUT2D eigenvalue weighted by Crippen LogP contribution is -2.32. The molecule has 0 radical (unpaired) electrons. The molecule has 2 saturated carbocycles. The third-order valence-corrected chi connectivity index (χ3v) is 7.84. The van der Waals surface area contributed by atoms with Crippen LogP contribution in [0.3, 0.4) is 0 Å². The van der Waals surface area contributed by atoms with Gasteiger partial charge in [0.2, 0.25) is 5.91 Å². The number of hydrogen-bond acceptors (Lipinski definition) is 5. The van der Waals surface area contributed by atoms with Crippen molar-refractivity contribution in [2.24, 2.45) is 23.3 Å². The number of nitrogens with one attached hydrogen (secondary N) is 1. The van der Waals surface area contributed by atoms with E-state index < -0.39 is 0 Å². The molecular weight excluding hydrogens is 542 g/mol. The molecule has 212 valence electrons. The Kier molecular flexibility index (Phi) is 10.7. The number of aromatic nitrogens is 3. The maximum atomic E-state index is 13.7. The maximum Gasteiger partial charge on any atom is 0.333 e. The summed E-state index contributed by atoms with van der Waals surface area (Å²) in [4.78, 5) is 30.8. The number of halogens is 3. The van der Waals surface area contributed by atoms with Gasteiger partial charge in [-0.2, -0.15) is 0 Å². The number of imidazole rings is 1. The Morgan fingerprint density at radius 1 is 0.949 bits per heavy atom. The van der Waals surface area contributed by atoms with Gasteiger partial charge in [-0.25, -0.2) is 14.2 Å². The highest BCUT2D eigenvalue weighted by Gasteiger charge is 2.25. The van der Waals surface area contributed by atoms with Crippen LogP contribution in [0.2, 0.25) is 0 Å². The van der Waals surface area contributed by atoms with E-state index in [-0.39, 0.29) is 60.2 Å². The minimum absolute atomic E-state index is 0. The molecule has 2 aliphatic rings. The minimum Gasteiger partial charge on any atom is -0.328 e. The molecule has 1 amide bonds. The predicted molar refractivity (Wildman–Crippen MR) is 156 cm³/mol. The number of benzene rings is 1. The van der Waals surface area contributed by atoms with Crippen LogP contribution in [0.4, 0.5) is 10.2 Å². The molecule has 2 aromatic heterocycles. The number of pyridine rings is 1. The van der Waals surface area contributed by atoms with Crippen molar-refractivity contribution < 1.29 is 9.18 Å². The largest absolute Gasteiger partial charge is 0.333 e. The Bertz CT molecular complexity index is 1300. The van der Waals surface area contributed by atoms with E-state index in [0.717, 1.165) is 56.9 Å². The lowest BCUT2D eigenvalue weighted by molar-refractivity contribution is -0.120. The molecule has 11 heteroatoms. The fourth-order valence-electron chi connectivity index (χ4n) is 5.58. The van der Waals surface area contributed by atoms with Gasteiger partial charge in [-0.1, -0.05) is 0 Å². The molecule has 0 spiro atoms. The summed E-state index contributed by atoms with van der Waals surface area (Å²) in [5, 5.41) is 2.95. The number of hydrogen-bond donors (Lipinski definition) is 3. The van der Waals surface area contributed by atoms with Crippen molar-refractivity contribution in [3.05, 3.63) is 65.1 Å². The molecule has 3 aromatic rings. The zero-order valence-electron chi connectivity index (χ0n) is 21.8. The molecule has 0 aliphatic heterocycles. The Morgan fingerprint density at radius 2 is 1.56 bits per heavy atom. The lowest BCUT2D eigenvalue weighted by atomic mass is 9.86. The number of rotatable bonds is 6. The third kappa shape index (κ3) is 7.28. The molecule has 0 unspecified atom stereocenters. The highest BCUT2D eigenvalue weighted by molar-refractivity contribution is 5.92. The molecule has 2 fully saturated rings. The van der Waals surface area contributed by atoms with Gasteiger partial charge in [0, 0.05) is 42.5 Å². The van der Waals surface area contributed by atoms with Gasteiger partial charge in [-0.05, 0) is 93.7 Å². The van der Waals surface area contributed by atoms with E-state index >= 15 is 0 Å². The highest BCUT2D eigenvalue weighted by atomic mass is 35.5. The fraction of sp³-hybridized carbons (Fsp3) is 0.464. The van der Waals surface area contributed by atoms with Crippen molar-refractivity contribution >= 4 is 36.5 Å². The summed E-state index contributed by atoms with van der Waals surface area (Å²) >= 11 is 0. The van der Waals surface area contributed by atoms with Crippen LogP contribution in [-0.2, 0) is 11.3 Å². The van der Waals surface area contributed by atoms with Crippen LogP contribution in [0.5, 0.6) is 0 Å². The SMILES string of the molecule is Cl.Cl.NC1CCC(Cn2cc(-c3ccnc(NC(=O)C4CCC(N)CC4)c3)n(-c3ccc(F)cc3)c2=O)CC1. The molecule has 2 aliphatic carbocycles. The van der Waals surface area contributed by atoms with Crippen molar-refractivity contribution in [1.82, 2.24) is 14.1 Å². The van der Waals surface area contributed by atoms with Crippen LogP contribution >= 0.6 is 24.8 Å². The van der Waals surface area contributed by atoms with Crippen LogP contribution < -0.4 is 22.5 Å². The Hall–Kier alpha value is -2.72.